The van der Waals surface area contributed by atoms with Crippen LogP contribution in [0.1, 0.15) is 55.2 Å². The molecular weight excluding hydrogens is 382 g/mol. The van der Waals surface area contributed by atoms with Crippen molar-refractivity contribution in [2.75, 3.05) is 13.2 Å². The number of nitrogens with zero attached hydrogens (tertiary/aromatic N) is 1. The Morgan fingerprint density at radius 3 is 2.27 bits per heavy atom. The third-order valence-electron chi connectivity index (χ3n) is 4.96. The standard InChI is InChI=1S/C24H27NO5/c1-5-29-22(27)14-21-23(24(28)30-6-2)19-13-18(26)11-12-20(19)25(21)17-9-7-16(8-10-17)15(3)4/h7-13,15,26H,5-6,14H2,1-4H3. The van der Waals surface area contributed by atoms with Gasteiger partial charge in [-0.25, -0.2) is 4.79 Å². The fourth-order valence-electron chi connectivity index (χ4n) is 3.58. The van der Waals surface area contributed by atoms with E-state index in [1.807, 2.05) is 28.8 Å². The topological polar surface area (TPSA) is 77.8 Å². The number of aromatic hydroxyl groups is 1. The molecule has 0 radical (unpaired) electrons. The molecule has 1 heterocycles. The van der Waals surface area contributed by atoms with Crippen LogP contribution in [0.25, 0.3) is 16.6 Å². The van der Waals surface area contributed by atoms with E-state index in [4.69, 9.17) is 9.47 Å². The Hall–Kier alpha value is -3.28. The number of fused-ring (bicyclic) bond motifs is 1. The van der Waals surface area contributed by atoms with Gasteiger partial charge >= 0.3 is 11.9 Å². The van der Waals surface area contributed by atoms with Gasteiger partial charge in [-0.15, -0.1) is 0 Å². The molecule has 1 aromatic heterocycles. The minimum absolute atomic E-state index is 0.0306. The quantitative estimate of drug-likeness (QED) is 0.570. The van der Waals surface area contributed by atoms with Gasteiger partial charge in [-0.2, -0.15) is 0 Å². The van der Waals surface area contributed by atoms with E-state index in [-0.39, 0.29) is 30.9 Å². The van der Waals surface area contributed by atoms with Crippen molar-refractivity contribution in [1.82, 2.24) is 4.57 Å². The van der Waals surface area contributed by atoms with Crippen LogP contribution in [-0.4, -0.2) is 34.8 Å². The van der Waals surface area contributed by atoms with Gasteiger partial charge in [0.1, 0.15) is 5.75 Å². The van der Waals surface area contributed by atoms with Crippen molar-refractivity contribution in [3.63, 3.8) is 0 Å². The lowest BCUT2D eigenvalue weighted by atomic mass is 10.0. The number of carbonyl (C=O) groups excluding carboxylic acids is 2. The number of hydrogen-bond acceptors (Lipinski definition) is 5. The van der Waals surface area contributed by atoms with Crippen molar-refractivity contribution in [3.8, 4) is 11.4 Å². The van der Waals surface area contributed by atoms with E-state index in [0.29, 0.717) is 22.5 Å². The average Bonchev–Trinajstić information content (AvgIpc) is 3.01. The van der Waals surface area contributed by atoms with Gasteiger partial charge < -0.3 is 19.1 Å². The first-order chi connectivity index (χ1) is 14.4. The van der Waals surface area contributed by atoms with Crippen LogP contribution < -0.4 is 0 Å². The Bertz CT molecular complexity index is 1060. The van der Waals surface area contributed by atoms with Gasteiger partial charge in [-0.05, 0) is 55.7 Å². The Balaban J connectivity index is 2.30. The number of aromatic nitrogens is 1. The van der Waals surface area contributed by atoms with E-state index in [9.17, 15) is 14.7 Å². The molecule has 0 atom stereocenters. The normalized spacial score (nSPS) is 11.1. The number of phenols is 1. The first-order valence-electron chi connectivity index (χ1n) is 10.2. The molecule has 0 bridgehead atoms. The second-order valence-electron chi connectivity index (χ2n) is 7.31. The van der Waals surface area contributed by atoms with Crippen molar-refractivity contribution >= 4 is 22.8 Å². The summed E-state index contributed by atoms with van der Waals surface area (Å²) in [5.41, 5.74) is 3.44. The van der Waals surface area contributed by atoms with Crippen LogP contribution in [-0.2, 0) is 20.7 Å². The molecule has 0 fully saturated rings. The van der Waals surface area contributed by atoms with Crippen molar-refractivity contribution < 1.29 is 24.2 Å². The van der Waals surface area contributed by atoms with Gasteiger partial charge in [-0.3, -0.25) is 4.79 Å². The van der Waals surface area contributed by atoms with Crippen molar-refractivity contribution in [3.05, 3.63) is 59.3 Å². The van der Waals surface area contributed by atoms with Crippen LogP contribution in [0.4, 0.5) is 0 Å². The summed E-state index contributed by atoms with van der Waals surface area (Å²) in [6, 6.07) is 12.8. The predicted octanol–water partition coefficient (Wildman–Crippen LogP) is 4.74. The largest absolute Gasteiger partial charge is 0.508 e. The SMILES string of the molecule is CCOC(=O)Cc1c(C(=O)OCC)c2cc(O)ccc2n1-c1ccc(C(C)C)cc1. The van der Waals surface area contributed by atoms with E-state index in [1.54, 1.807) is 26.0 Å². The number of esters is 2. The summed E-state index contributed by atoms with van der Waals surface area (Å²) in [7, 11) is 0. The smallest absolute Gasteiger partial charge is 0.340 e. The van der Waals surface area contributed by atoms with Gasteiger partial charge in [0.15, 0.2) is 0 Å². The second-order valence-corrected chi connectivity index (χ2v) is 7.31. The fourth-order valence-corrected chi connectivity index (χ4v) is 3.58. The lowest BCUT2D eigenvalue weighted by Gasteiger charge is -2.13. The number of phenolic OH excluding ortho intramolecular Hbond substituents is 1. The summed E-state index contributed by atoms with van der Waals surface area (Å²) in [5, 5.41) is 10.6. The van der Waals surface area contributed by atoms with E-state index in [1.165, 1.54) is 11.6 Å². The Kier molecular flexibility index (Phi) is 6.45. The average molecular weight is 409 g/mol. The summed E-state index contributed by atoms with van der Waals surface area (Å²) < 4.78 is 12.3. The van der Waals surface area contributed by atoms with Crippen LogP contribution in [0.15, 0.2) is 42.5 Å². The molecule has 30 heavy (non-hydrogen) atoms. The van der Waals surface area contributed by atoms with Crippen molar-refractivity contribution in [1.29, 1.82) is 0 Å². The molecule has 3 rings (SSSR count). The summed E-state index contributed by atoms with van der Waals surface area (Å²) >= 11 is 0. The summed E-state index contributed by atoms with van der Waals surface area (Å²) in [5.74, 6) is -0.561. The van der Waals surface area contributed by atoms with Gasteiger partial charge in [0.05, 0.1) is 30.7 Å². The number of carbonyl (C=O) groups is 2. The molecule has 6 heteroatoms. The van der Waals surface area contributed by atoms with Crippen LogP contribution >= 0.6 is 0 Å². The maximum atomic E-state index is 12.8. The zero-order chi connectivity index (χ0) is 21.8. The minimum Gasteiger partial charge on any atom is -0.508 e. The predicted molar refractivity (Wildman–Crippen MR) is 115 cm³/mol. The molecule has 0 saturated heterocycles. The molecule has 0 amide bonds. The highest BCUT2D eigenvalue weighted by molar-refractivity contribution is 6.07. The Labute approximate surface area is 176 Å². The highest BCUT2D eigenvalue weighted by atomic mass is 16.5. The summed E-state index contributed by atoms with van der Waals surface area (Å²) in [6.45, 7) is 8.15. The lowest BCUT2D eigenvalue weighted by molar-refractivity contribution is -0.142. The van der Waals surface area contributed by atoms with E-state index >= 15 is 0 Å². The molecule has 6 nitrogen and oxygen atoms in total. The van der Waals surface area contributed by atoms with Crippen LogP contribution in [0, 0.1) is 0 Å². The Morgan fingerprint density at radius 2 is 1.67 bits per heavy atom. The summed E-state index contributed by atoms with van der Waals surface area (Å²) in [4.78, 5) is 25.2. The number of benzene rings is 2. The minimum atomic E-state index is -0.537. The molecule has 1 N–H and O–H groups in total. The number of ether oxygens (including phenoxy) is 2. The van der Waals surface area contributed by atoms with E-state index < -0.39 is 11.9 Å². The molecule has 0 spiro atoms. The van der Waals surface area contributed by atoms with Gasteiger partial charge in [0.25, 0.3) is 0 Å². The lowest BCUT2D eigenvalue weighted by Crippen LogP contribution is -2.15. The zero-order valence-corrected chi connectivity index (χ0v) is 17.8. The van der Waals surface area contributed by atoms with Gasteiger partial charge in [0.2, 0.25) is 0 Å². The highest BCUT2D eigenvalue weighted by Gasteiger charge is 2.26. The summed E-state index contributed by atoms with van der Waals surface area (Å²) in [6.07, 6.45) is -0.0939. The fraction of sp³-hybridized carbons (Fsp3) is 0.333. The van der Waals surface area contributed by atoms with Crippen LogP contribution in [0.3, 0.4) is 0 Å². The van der Waals surface area contributed by atoms with E-state index in [0.717, 1.165) is 5.69 Å². The third-order valence-corrected chi connectivity index (χ3v) is 4.96. The number of hydrogen-bond donors (Lipinski definition) is 1. The molecular formula is C24H27NO5. The monoisotopic (exact) mass is 409 g/mol. The maximum absolute atomic E-state index is 12.8. The van der Waals surface area contributed by atoms with Crippen LogP contribution in [0.2, 0.25) is 0 Å². The van der Waals surface area contributed by atoms with Crippen LogP contribution in [0.5, 0.6) is 5.75 Å². The molecule has 0 aliphatic heterocycles. The Morgan fingerprint density at radius 1 is 1.00 bits per heavy atom. The van der Waals surface area contributed by atoms with Gasteiger partial charge in [0, 0.05) is 16.8 Å². The molecule has 2 aromatic carbocycles. The molecule has 3 aromatic rings. The second kappa shape index (κ2) is 9.03. The highest BCUT2D eigenvalue weighted by Crippen LogP contribution is 2.33. The van der Waals surface area contributed by atoms with E-state index in [2.05, 4.69) is 13.8 Å². The molecule has 0 unspecified atom stereocenters. The first kappa shape index (κ1) is 21.4. The molecule has 0 saturated carbocycles. The van der Waals surface area contributed by atoms with Crippen molar-refractivity contribution in [2.45, 2.75) is 40.0 Å². The number of rotatable bonds is 7. The molecule has 0 aliphatic rings. The van der Waals surface area contributed by atoms with Crippen molar-refractivity contribution in [2.24, 2.45) is 0 Å². The molecule has 0 aliphatic carbocycles. The third kappa shape index (κ3) is 4.17. The van der Waals surface area contributed by atoms with Gasteiger partial charge in [-0.1, -0.05) is 26.0 Å². The first-order valence-corrected chi connectivity index (χ1v) is 10.2. The maximum Gasteiger partial charge on any atom is 0.340 e. The molecule has 158 valence electrons. The zero-order valence-electron chi connectivity index (χ0n) is 17.8.